The third-order valence-electron chi connectivity index (χ3n) is 5.83. The quantitative estimate of drug-likeness (QED) is 0.789. The Morgan fingerprint density at radius 1 is 1.33 bits per heavy atom. The average molecular weight is 404 g/mol. The zero-order chi connectivity index (χ0) is 21.4. The molecule has 154 valence electrons. The maximum Gasteiger partial charge on any atom is 0.247 e. The van der Waals surface area contributed by atoms with E-state index >= 15 is 0 Å². The first-order valence-corrected chi connectivity index (χ1v) is 9.96. The molecule has 2 aliphatic rings. The van der Waals surface area contributed by atoms with Gasteiger partial charge in [-0.05, 0) is 50.8 Å². The summed E-state index contributed by atoms with van der Waals surface area (Å²) in [6.45, 7) is 3.79. The van der Waals surface area contributed by atoms with Crippen LogP contribution >= 0.6 is 0 Å². The summed E-state index contributed by atoms with van der Waals surface area (Å²) in [6.07, 6.45) is 5.00. The highest BCUT2D eigenvalue weighted by atomic mass is 16.5. The third kappa shape index (κ3) is 3.24. The Kier molecular flexibility index (Phi) is 5.08. The van der Waals surface area contributed by atoms with Crippen molar-refractivity contribution in [2.24, 2.45) is 5.73 Å². The highest BCUT2D eigenvalue weighted by Crippen LogP contribution is 2.49. The Morgan fingerprint density at radius 2 is 2.10 bits per heavy atom. The number of carbonyl (C=O) groups excluding carboxylic acids is 1. The number of aryl methyl sites for hydroxylation is 1. The zero-order valence-electron chi connectivity index (χ0n) is 17.3. The van der Waals surface area contributed by atoms with Crippen LogP contribution in [0.25, 0.3) is 0 Å². The number of primary amides is 1. The van der Waals surface area contributed by atoms with Crippen LogP contribution in [0.1, 0.15) is 54.4 Å². The van der Waals surface area contributed by atoms with Crippen molar-refractivity contribution in [2.45, 2.75) is 45.1 Å². The van der Waals surface area contributed by atoms with Crippen LogP contribution in [0.5, 0.6) is 11.6 Å². The first-order valence-electron chi connectivity index (χ1n) is 9.96. The molecule has 4 rings (SSSR count). The molecule has 0 saturated heterocycles. The molecule has 7 nitrogen and oxygen atoms in total. The van der Waals surface area contributed by atoms with Crippen LogP contribution in [0, 0.1) is 18.3 Å². The molecule has 1 unspecified atom stereocenters. The molecule has 7 heteroatoms. The molecule has 1 aromatic carbocycles. The number of anilines is 1. The number of aromatic nitrogens is 1. The summed E-state index contributed by atoms with van der Waals surface area (Å²) in [6, 6.07) is 7.31. The van der Waals surface area contributed by atoms with Crippen molar-refractivity contribution in [3.05, 3.63) is 57.9 Å². The minimum Gasteiger partial charge on any atom is -0.496 e. The van der Waals surface area contributed by atoms with E-state index in [0.29, 0.717) is 28.5 Å². The van der Waals surface area contributed by atoms with E-state index in [2.05, 4.69) is 16.4 Å². The molecular weight excluding hydrogens is 380 g/mol. The Hall–Kier alpha value is -3.53. The number of benzene rings is 1. The van der Waals surface area contributed by atoms with Crippen molar-refractivity contribution in [1.82, 2.24) is 4.98 Å². The fourth-order valence-corrected chi connectivity index (χ4v) is 4.06. The Bertz CT molecular complexity index is 1100. The number of ether oxygens (including phenoxy) is 2. The number of rotatable bonds is 5. The zero-order valence-corrected chi connectivity index (χ0v) is 17.3. The topological polar surface area (TPSA) is 110 Å². The van der Waals surface area contributed by atoms with Crippen molar-refractivity contribution in [3.63, 3.8) is 0 Å². The Morgan fingerprint density at radius 3 is 2.70 bits per heavy atom. The molecule has 2 aromatic rings. The van der Waals surface area contributed by atoms with E-state index in [1.807, 2.05) is 19.9 Å². The second-order valence-electron chi connectivity index (χ2n) is 7.74. The van der Waals surface area contributed by atoms with E-state index in [1.165, 1.54) is 0 Å². The van der Waals surface area contributed by atoms with Crippen molar-refractivity contribution in [2.75, 3.05) is 12.4 Å². The summed E-state index contributed by atoms with van der Waals surface area (Å²) >= 11 is 0. The minimum atomic E-state index is -0.529. The number of pyridine rings is 1. The van der Waals surface area contributed by atoms with Crippen molar-refractivity contribution >= 4 is 11.6 Å². The van der Waals surface area contributed by atoms with Gasteiger partial charge in [0.1, 0.15) is 11.9 Å². The van der Waals surface area contributed by atoms with E-state index in [-0.39, 0.29) is 6.10 Å². The first kappa shape index (κ1) is 19.8. The number of allylic oxidation sites excluding steroid dienone is 1. The molecule has 1 atom stereocenters. The normalized spacial score (nSPS) is 18.0. The molecule has 0 spiro atoms. The summed E-state index contributed by atoms with van der Waals surface area (Å²) in [7, 11) is 1.54. The molecule has 1 saturated carbocycles. The van der Waals surface area contributed by atoms with Crippen molar-refractivity contribution in [3.8, 4) is 17.7 Å². The molecule has 1 amide bonds. The van der Waals surface area contributed by atoms with Gasteiger partial charge >= 0.3 is 0 Å². The molecule has 1 aliphatic heterocycles. The maximum absolute atomic E-state index is 12.5. The van der Waals surface area contributed by atoms with Crippen molar-refractivity contribution < 1.29 is 14.3 Å². The molecule has 30 heavy (non-hydrogen) atoms. The lowest BCUT2D eigenvalue weighted by Crippen LogP contribution is -2.30. The van der Waals surface area contributed by atoms with E-state index < -0.39 is 11.8 Å². The van der Waals surface area contributed by atoms with Crippen LogP contribution in [0.15, 0.2) is 35.7 Å². The van der Waals surface area contributed by atoms with E-state index in [9.17, 15) is 10.1 Å². The predicted molar refractivity (Wildman–Crippen MR) is 112 cm³/mol. The number of nitrogens with zero attached hydrogens (tertiary/aromatic N) is 2. The van der Waals surface area contributed by atoms with Crippen molar-refractivity contribution in [1.29, 1.82) is 5.26 Å². The van der Waals surface area contributed by atoms with Gasteiger partial charge in [-0.25, -0.2) is 4.98 Å². The van der Waals surface area contributed by atoms with Gasteiger partial charge in [0.25, 0.3) is 0 Å². The fourth-order valence-electron chi connectivity index (χ4n) is 4.06. The van der Waals surface area contributed by atoms with Crippen LogP contribution in [-0.2, 0) is 4.79 Å². The van der Waals surface area contributed by atoms with Crippen LogP contribution < -0.4 is 20.5 Å². The number of carbonyl (C=O) groups is 1. The van der Waals surface area contributed by atoms with E-state index in [1.54, 1.807) is 25.4 Å². The molecular formula is C23H24N4O3. The Balaban J connectivity index is 1.97. The third-order valence-corrected chi connectivity index (χ3v) is 5.83. The minimum absolute atomic E-state index is 0.122. The number of amides is 1. The summed E-state index contributed by atoms with van der Waals surface area (Å²) < 4.78 is 11.8. The first-order chi connectivity index (χ1) is 14.4. The fraction of sp³-hybridized carbons (Fsp3) is 0.348. The highest BCUT2D eigenvalue weighted by molar-refractivity contribution is 5.98. The van der Waals surface area contributed by atoms with Crippen LogP contribution in [0.3, 0.4) is 0 Å². The maximum atomic E-state index is 12.5. The van der Waals surface area contributed by atoms with Crippen LogP contribution in [0.4, 0.5) is 5.69 Å². The van der Waals surface area contributed by atoms with Crippen LogP contribution in [-0.4, -0.2) is 24.1 Å². The van der Waals surface area contributed by atoms with Gasteiger partial charge in [-0.1, -0.05) is 6.07 Å². The number of nitriles is 1. The molecule has 0 radical (unpaired) electrons. The number of hydrogen-bond acceptors (Lipinski definition) is 6. The molecule has 1 aromatic heterocycles. The molecule has 2 heterocycles. The highest BCUT2D eigenvalue weighted by Gasteiger charge is 2.37. The lowest BCUT2D eigenvalue weighted by Gasteiger charge is -2.34. The second kappa shape index (κ2) is 7.71. The standard InChI is InChI=1S/C23H24N4O3/c1-12-11-26-23(30-15-5-4-6-15)20-19(18(22(25)28)13(2)27-21(12)20)16-8-7-14(10-24)9-17(16)29-3/h7-9,11,15,19,27H,4-6H2,1-3H3,(H2,25,28). The largest absolute Gasteiger partial charge is 0.496 e. The Labute approximate surface area is 175 Å². The number of methoxy groups -OCH3 is 1. The van der Waals surface area contributed by atoms with Gasteiger partial charge in [0.2, 0.25) is 11.8 Å². The van der Waals surface area contributed by atoms with E-state index in [0.717, 1.165) is 41.6 Å². The van der Waals surface area contributed by atoms with Gasteiger partial charge in [-0.2, -0.15) is 5.26 Å². The molecule has 0 bridgehead atoms. The summed E-state index contributed by atoms with van der Waals surface area (Å²) in [4.78, 5) is 17.1. The van der Waals surface area contributed by atoms with Gasteiger partial charge in [0.05, 0.1) is 35.9 Å². The SMILES string of the molecule is COc1cc(C#N)ccc1C1C(C(N)=O)=C(C)Nc2c(C)cnc(OC3CCC3)c21. The molecule has 1 aliphatic carbocycles. The van der Waals surface area contributed by atoms with Gasteiger partial charge in [-0.3, -0.25) is 4.79 Å². The number of nitrogens with two attached hydrogens (primary N) is 1. The van der Waals surface area contributed by atoms with Gasteiger partial charge < -0.3 is 20.5 Å². The number of nitrogens with one attached hydrogen (secondary N) is 1. The smallest absolute Gasteiger partial charge is 0.247 e. The predicted octanol–water partition coefficient (Wildman–Crippen LogP) is 3.52. The molecule has 1 fully saturated rings. The second-order valence-corrected chi connectivity index (χ2v) is 7.74. The lowest BCUT2D eigenvalue weighted by molar-refractivity contribution is -0.114. The molecule has 3 N–H and O–H groups in total. The van der Waals surface area contributed by atoms with Gasteiger partial charge in [-0.15, -0.1) is 0 Å². The monoisotopic (exact) mass is 404 g/mol. The average Bonchev–Trinajstić information content (AvgIpc) is 2.70. The van der Waals surface area contributed by atoms with Crippen LogP contribution in [0.2, 0.25) is 0 Å². The summed E-state index contributed by atoms with van der Waals surface area (Å²) in [5, 5.41) is 12.6. The van der Waals surface area contributed by atoms with Gasteiger partial charge in [0.15, 0.2) is 0 Å². The van der Waals surface area contributed by atoms with Gasteiger partial charge in [0, 0.05) is 23.0 Å². The lowest BCUT2D eigenvalue weighted by atomic mass is 9.79. The summed E-state index contributed by atoms with van der Waals surface area (Å²) in [5.41, 5.74) is 10.7. The summed E-state index contributed by atoms with van der Waals surface area (Å²) in [5.74, 6) is -0.0490. The number of hydrogen-bond donors (Lipinski definition) is 2. The number of fused-ring (bicyclic) bond motifs is 1. The van der Waals surface area contributed by atoms with E-state index in [4.69, 9.17) is 15.2 Å².